The monoisotopic (exact) mass is 267 g/mol. The number of hydrogen-bond donors (Lipinski definition) is 2. The van der Waals surface area contributed by atoms with Crippen LogP contribution in [-0.2, 0) is 14.8 Å². The number of carboxylic acids is 1. The second-order valence-electron chi connectivity index (χ2n) is 3.07. The van der Waals surface area contributed by atoms with Gasteiger partial charge in [-0.15, -0.1) is 6.58 Å². The first-order valence-corrected chi connectivity index (χ1v) is 7.66. The molecule has 5 nitrogen and oxygen atoms in total. The zero-order valence-corrected chi connectivity index (χ0v) is 10.6. The Kier molecular flexibility index (Phi) is 8.32. The molecule has 0 unspecified atom stereocenters. The molecule has 0 fully saturated rings. The Morgan fingerprint density at radius 2 is 2.19 bits per heavy atom. The third-order valence-corrected chi connectivity index (χ3v) is 4.04. The van der Waals surface area contributed by atoms with Crippen LogP contribution >= 0.6 is 11.8 Å². The minimum absolute atomic E-state index is 0.119. The van der Waals surface area contributed by atoms with Crippen molar-refractivity contribution in [3.8, 4) is 0 Å². The zero-order valence-electron chi connectivity index (χ0n) is 9.02. The summed E-state index contributed by atoms with van der Waals surface area (Å²) in [7, 11) is -3.32. The number of carboxylic acid groups (broad SMARTS) is 1. The highest BCUT2D eigenvalue weighted by atomic mass is 32.2. The summed E-state index contributed by atoms with van der Waals surface area (Å²) in [5.74, 6) is 0.368. The first-order chi connectivity index (χ1) is 7.48. The molecule has 0 aliphatic carbocycles. The Balaban J connectivity index is 3.62. The molecule has 0 radical (unpaired) electrons. The average molecular weight is 267 g/mol. The van der Waals surface area contributed by atoms with Gasteiger partial charge in [0.2, 0.25) is 10.0 Å². The van der Waals surface area contributed by atoms with Crippen LogP contribution in [-0.4, -0.2) is 43.3 Å². The second kappa shape index (κ2) is 8.60. The van der Waals surface area contributed by atoms with E-state index in [0.29, 0.717) is 12.3 Å². The minimum atomic E-state index is -3.32. The molecule has 7 heteroatoms. The quantitative estimate of drug-likeness (QED) is 0.449. The van der Waals surface area contributed by atoms with E-state index in [1.54, 1.807) is 17.8 Å². The molecular weight excluding hydrogens is 250 g/mol. The van der Waals surface area contributed by atoms with Gasteiger partial charge in [-0.1, -0.05) is 6.08 Å². The first-order valence-electron chi connectivity index (χ1n) is 4.85. The lowest BCUT2D eigenvalue weighted by Gasteiger charge is -2.05. The van der Waals surface area contributed by atoms with Crippen LogP contribution in [0.2, 0.25) is 0 Å². The Morgan fingerprint density at radius 3 is 2.75 bits per heavy atom. The van der Waals surface area contributed by atoms with Gasteiger partial charge in [0, 0.05) is 24.5 Å². The number of rotatable bonds is 10. The van der Waals surface area contributed by atoms with Crippen molar-refractivity contribution in [3.63, 3.8) is 0 Å². The molecule has 0 atom stereocenters. The number of nitrogens with one attached hydrogen (secondary N) is 1. The number of carbonyl (C=O) groups is 1. The molecule has 0 amide bonds. The molecule has 94 valence electrons. The maximum atomic E-state index is 11.3. The van der Waals surface area contributed by atoms with Gasteiger partial charge in [-0.3, -0.25) is 4.79 Å². The average Bonchev–Trinajstić information content (AvgIpc) is 2.16. The molecule has 0 rings (SSSR count). The van der Waals surface area contributed by atoms with E-state index in [-0.39, 0.29) is 18.6 Å². The molecule has 0 aromatic heterocycles. The summed E-state index contributed by atoms with van der Waals surface area (Å²) in [6, 6.07) is 0. The molecule has 0 aromatic carbocycles. The lowest BCUT2D eigenvalue weighted by atomic mass is 10.3. The van der Waals surface area contributed by atoms with E-state index in [1.807, 2.05) is 0 Å². The number of sulfonamides is 1. The molecule has 0 aromatic rings. The number of aliphatic carboxylic acids is 1. The molecule has 2 N–H and O–H groups in total. The van der Waals surface area contributed by atoms with Gasteiger partial charge < -0.3 is 5.11 Å². The fourth-order valence-corrected chi connectivity index (χ4v) is 2.71. The summed E-state index contributed by atoms with van der Waals surface area (Å²) < 4.78 is 25.0. The van der Waals surface area contributed by atoms with Gasteiger partial charge in [-0.2, -0.15) is 11.8 Å². The number of hydrogen-bond acceptors (Lipinski definition) is 4. The Hall–Kier alpha value is -0.530. The van der Waals surface area contributed by atoms with Crippen LogP contribution in [0, 0.1) is 0 Å². The molecule has 0 saturated carbocycles. The highest BCUT2D eigenvalue weighted by Gasteiger charge is 2.09. The topological polar surface area (TPSA) is 83.5 Å². The van der Waals surface area contributed by atoms with Crippen molar-refractivity contribution >= 4 is 27.8 Å². The molecule has 16 heavy (non-hydrogen) atoms. The van der Waals surface area contributed by atoms with Crippen molar-refractivity contribution in [1.82, 2.24) is 4.72 Å². The third kappa shape index (κ3) is 10.0. The summed E-state index contributed by atoms with van der Waals surface area (Å²) in [4.78, 5) is 10.2. The zero-order chi connectivity index (χ0) is 12.4. The highest BCUT2D eigenvalue weighted by molar-refractivity contribution is 7.99. The molecule has 0 aliphatic heterocycles. The van der Waals surface area contributed by atoms with Gasteiger partial charge in [0.05, 0.1) is 5.75 Å². The fraction of sp³-hybridized carbons (Fsp3) is 0.667. The maximum absolute atomic E-state index is 11.3. The third-order valence-electron chi connectivity index (χ3n) is 1.61. The van der Waals surface area contributed by atoms with Crippen LogP contribution < -0.4 is 4.72 Å². The lowest BCUT2D eigenvalue weighted by molar-refractivity contribution is -0.137. The number of thioether (sulfide) groups is 1. The Bertz CT molecular complexity index is 313. The molecule has 0 spiro atoms. The van der Waals surface area contributed by atoms with Crippen molar-refractivity contribution in [2.75, 3.05) is 23.8 Å². The molecule has 0 aliphatic rings. The summed E-state index contributed by atoms with van der Waals surface area (Å²) in [5, 5.41) is 8.36. The van der Waals surface area contributed by atoms with Gasteiger partial charge in [0.1, 0.15) is 0 Å². The predicted molar refractivity (Wildman–Crippen MR) is 66.2 cm³/mol. The van der Waals surface area contributed by atoms with Gasteiger partial charge in [-0.05, 0) is 6.42 Å². The van der Waals surface area contributed by atoms with Crippen LogP contribution in [0.15, 0.2) is 12.7 Å². The fourth-order valence-electron chi connectivity index (χ4n) is 0.922. The van der Waals surface area contributed by atoms with Crippen LogP contribution in [0.4, 0.5) is 0 Å². The Labute approximate surface area is 100 Å². The molecule has 0 saturated heterocycles. The van der Waals surface area contributed by atoms with E-state index < -0.39 is 16.0 Å². The standard InChI is InChI=1S/C9H17NO4S2/c1-2-6-15-7-5-10-16(13,14)8-3-4-9(11)12/h2,10H,1,3-8H2,(H,11,12). The molecular formula is C9H17NO4S2. The lowest BCUT2D eigenvalue weighted by Crippen LogP contribution is -2.28. The maximum Gasteiger partial charge on any atom is 0.303 e. The van der Waals surface area contributed by atoms with Gasteiger partial charge in [-0.25, -0.2) is 13.1 Å². The summed E-state index contributed by atoms with van der Waals surface area (Å²) in [6.07, 6.45) is 1.78. The van der Waals surface area contributed by atoms with Crippen molar-refractivity contribution in [2.24, 2.45) is 0 Å². The van der Waals surface area contributed by atoms with Crippen molar-refractivity contribution in [2.45, 2.75) is 12.8 Å². The SMILES string of the molecule is C=CCSCCNS(=O)(=O)CCCC(=O)O. The van der Waals surface area contributed by atoms with Crippen molar-refractivity contribution in [3.05, 3.63) is 12.7 Å². The summed E-state index contributed by atoms with van der Waals surface area (Å²) in [6.45, 7) is 3.92. The summed E-state index contributed by atoms with van der Waals surface area (Å²) in [5.41, 5.74) is 0. The van der Waals surface area contributed by atoms with E-state index in [0.717, 1.165) is 5.75 Å². The summed E-state index contributed by atoms with van der Waals surface area (Å²) >= 11 is 1.58. The second-order valence-corrected chi connectivity index (χ2v) is 6.15. The first kappa shape index (κ1) is 15.5. The van der Waals surface area contributed by atoms with E-state index in [2.05, 4.69) is 11.3 Å². The highest BCUT2D eigenvalue weighted by Crippen LogP contribution is 1.99. The smallest absolute Gasteiger partial charge is 0.303 e. The Morgan fingerprint density at radius 1 is 1.50 bits per heavy atom. The van der Waals surface area contributed by atoms with E-state index >= 15 is 0 Å². The molecule has 0 bridgehead atoms. The van der Waals surface area contributed by atoms with Crippen LogP contribution in [0.5, 0.6) is 0 Å². The minimum Gasteiger partial charge on any atom is -0.481 e. The van der Waals surface area contributed by atoms with E-state index in [4.69, 9.17) is 5.11 Å². The largest absolute Gasteiger partial charge is 0.481 e. The van der Waals surface area contributed by atoms with Gasteiger partial charge in [0.15, 0.2) is 0 Å². The molecule has 0 heterocycles. The van der Waals surface area contributed by atoms with Crippen LogP contribution in [0.3, 0.4) is 0 Å². The van der Waals surface area contributed by atoms with E-state index in [9.17, 15) is 13.2 Å². The normalized spacial score (nSPS) is 11.2. The van der Waals surface area contributed by atoms with Crippen molar-refractivity contribution in [1.29, 1.82) is 0 Å². The van der Waals surface area contributed by atoms with Gasteiger partial charge in [0.25, 0.3) is 0 Å². The van der Waals surface area contributed by atoms with Crippen molar-refractivity contribution < 1.29 is 18.3 Å². The van der Waals surface area contributed by atoms with Gasteiger partial charge >= 0.3 is 5.97 Å². The van der Waals surface area contributed by atoms with E-state index in [1.165, 1.54) is 0 Å². The van der Waals surface area contributed by atoms with Crippen LogP contribution in [0.1, 0.15) is 12.8 Å². The predicted octanol–water partition coefficient (Wildman–Crippen LogP) is 0.690. The van der Waals surface area contributed by atoms with Crippen LogP contribution in [0.25, 0.3) is 0 Å².